The Morgan fingerprint density at radius 1 is 1.24 bits per heavy atom. The maximum atomic E-state index is 12.9. The zero-order valence-corrected chi connectivity index (χ0v) is 13.6. The molecule has 2 saturated heterocycles. The molecule has 25 heavy (non-hydrogen) atoms. The van der Waals surface area contributed by atoms with Gasteiger partial charge in [0.15, 0.2) is 0 Å². The van der Waals surface area contributed by atoms with E-state index in [1.54, 1.807) is 14.5 Å². The average Bonchev–Trinajstić information content (AvgIpc) is 3.17. The van der Waals surface area contributed by atoms with Gasteiger partial charge in [-0.3, -0.25) is 9.59 Å². The van der Waals surface area contributed by atoms with Crippen LogP contribution < -0.4 is 0 Å². The Hall–Kier alpha value is -2.77. The lowest BCUT2D eigenvalue weighted by atomic mass is 10.1. The Kier molecular flexibility index (Phi) is 3.95. The van der Waals surface area contributed by atoms with E-state index in [-0.39, 0.29) is 23.7 Å². The molecule has 0 spiro atoms. The van der Waals surface area contributed by atoms with E-state index in [2.05, 4.69) is 10.3 Å². The van der Waals surface area contributed by atoms with Gasteiger partial charge in [-0.2, -0.15) is 0 Å². The number of amides is 2. The molecule has 7 nitrogen and oxygen atoms in total. The molecular weight excluding hydrogens is 325 g/mol. The van der Waals surface area contributed by atoms with Crippen molar-refractivity contribution in [2.75, 3.05) is 19.6 Å². The van der Waals surface area contributed by atoms with Crippen molar-refractivity contribution in [2.45, 2.75) is 25.4 Å². The second-order valence-electron chi connectivity index (χ2n) is 6.48. The molecule has 0 N–H and O–H groups in total. The highest BCUT2D eigenvalue weighted by Gasteiger charge is 2.33. The highest BCUT2D eigenvalue weighted by molar-refractivity contribution is 5.94. The van der Waals surface area contributed by atoms with E-state index in [0.29, 0.717) is 31.6 Å². The molecule has 8 heteroatoms. The van der Waals surface area contributed by atoms with Crippen molar-refractivity contribution < 1.29 is 14.0 Å². The van der Waals surface area contributed by atoms with Gasteiger partial charge >= 0.3 is 0 Å². The summed E-state index contributed by atoms with van der Waals surface area (Å²) < 4.78 is 14.7. The Morgan fingerprint density at radius 2 is 2.00 bits per heavy atom. The monoisotopic (exact) mass is 343 g/mol. The van der Waals surface area contributed by atoms with Crippen LogP contribution >= 0.6 is 0 Å². The fourth-order valence-electron chi connectivity index (χ4n) is 3.19. The van der Waals surface area contributed by atoms with Gasteiger partial charge in [0.05, 0.1) is 18.8 Å². The van der Waals surface area contributed by atoms with Crippen LogP contribution in [0.4, 0.5) is 4.39 Å². The van der Waals surface area contributed by atoms with E-state index >= 15 is 0 Å². The van der Waals surface area contributed by atoms with Crippen LogP contribution in [0.15, 0.2) is 30.5 Å². The summed E-state index contributed by atoms with van der Waals surface area (Å²) in [6, 6.07) is 5.64. The van der Waals surface area contributed by atoms with Crippen LogP contribution in [0.1, 0.15) is 34.9 Å². The van der Waals surface area contributed by atoms with E-state index in [1.807, 2.05) is 6.20 Å². The molecule has 1 aromatic carbocycles. The molecule has 2 fully saturated rings. The summed E-state index contributed by atoms with van der Waals surface area (Å²) in [6.07, 6.45) is 3.35. The molecule has 2 aromatic rings. The average molecular weight is 343 g/mol. The van der Waals surface area contributed by atoms with Gasteiger partial charge in [-0.25, -0.2) is 9.07 Å². The lowest BCUT2D eigenvalue weighted by Gasteiger charge is -2.38. The maximum Gasteiger partial charge on any atom is 0.254 e. The number of benzene rings is 1. The van der Waals surface area contributed by atoms with Crippen molar-refractivity contribution in [3.8, 4) is 0 Å². The van der Waals surface area contributed by atoms with Gasteiger partial charge in [0.1, 0.15) is 11.5 Å². The molecule has 2 aliphatic rings. The van der Waals surface area contributed by atoms with Crippen LogP contribution in [0.2, 0.25) is 0 Å². The normalized spacial score (nSPS) is 17.9. The number of hydrogen-bond donors (Lipinski definition) is 0. The van der Waals surface area contributed by atoms with Crippen molar-refractivity contribution in [2.24, 2.45) is 0 Å². The van der Waals surface area contributed by atoms with Gasteiger partial charge in [0.2, 0.25) is 5.91 Å². The predicted molar refractivity (Wildman–Crippen MR) is 86.0 cm³/mol. The summed E-state index contributed by atoms with van der Waals surface area (Å²) in [6.45, 7) is 2.35. The molecule has 1 aromatic heterocycles. The zero-order chi connectivity index (χ0) is 17.4. The van der Waals surface area contributed by atoms with Gasteiger partial charge < -0.3 is 9.80 Å². The van der Waals surface area contributed by atoms with Gasteiger partial charge in [-0.05, 0) is 30.7 Å². The molecule has 0 bridgehead atoms. The largest absolute Gasteiger partial charge is 0.337 e. The first-order chi connectivity index (χ1) is 12.1. The number of carbonyl (C=O) groups excluding carboxylic acids is 2. The lowest BCUT2D eigenvalue weighted by Crippen LogP contribution is -2.50. The second kappa shape index (κ2) is 6.27. The van der Waals surface area contributed by atoms with E-state index in [9.17, 15) is 14.0 Å². The fraction of sp³-hybridized carbons (Fsp3) is 0.412. The van der Waals surface area contributed by atoms with Crippen LogP contribution in [-0.2, 0) is 11.3 Å². The SMILES string of the molecule is O=C1CCCN1Cc1cn(C2CN(C(=O)c3ccc(F)cc3)C2)nn1. The number of rotatable bonds is 4. The number of halogens is 1. The van der Waals surface area contributed by atoms with Crippen molar-refractivity contribution in [3.05, 3.63) is 47.5 Å². The quantitative estimate of drug-likeness (QED) is 0.837. The first-order valence-electron chi connectivity index (χ1n) is 8.33. The Morgan fingerprint density at radius 3 is 2.68 bits per heavy atom. The van der Waals surface area contributed by atoms with Crippen molar-refractivity contribution in [1.29, 1.82) is 0 Å². The lowest BCUT2D eigenvalue weighted by molar-refractivity contribution is -0.128. The number of aromatic nitrogens is 3. The first-order valence-corrected chi connectivity index (χ1v) is 8.33. The standard InChI is InChI=1S/C17H18FN5O2/c18-13-5-3-12(4-6-13)17(25)22-10-15(11-22)23-9-14(19-20-23)8-21-7-1-2-16(21)24/h3-6,9,15H,1-2,7-8,10-11H2. The van der Waals surface area contributed by atoms with Crippen LogP contribution in [0, 0.1) is 5.82 Å². The molecule has 0 unspecified atom stereocenters. The van der Waals surface area contributed by atoms with E-state index in [1.165, 1.54) is 24.3 Å². The minimum absolute atomic E-state index is 0.0833. The van der Waals surface area contributed by atoms with Crippen LogP contribution in [0.3, 0.4) is 0 Å². The van der Waals surface area contributed by atoms with Crippen LogP contribution in [-0.4, -0.2) is 56.2 Å². The zero-order valence-electron chi connectivity index (χ0n) is 13.6. The molecule has 3 heterocycles. The summed E-state index contributed by atoms with van der Waals surface area (Å²) in [5.74, 6) is -0.307. The van der Waals surface area contributed by atoms with Gasteiger partial charge in [0.25, 0.3) is 5.91 Å². The first kappa shape index (κ1) is 15.7. The topological polar surface area (TPSA) is 71.3 Å². The van der Waals surface area contributed by atoms with Crippen LogP contribution in [0.25, 0.3) is 0 Å². The third-order valence-corrected chi connectivity index (χ3v) is 4.70. The Balaban J connectivity index is 1.34. The highest BCUT2D eigenvalue weighted by Crippen LogP contribution is 2.23. The smallest absolute Gasteiger partial charge is 0.254 e. The summed E-state index contributed by atoms with van der Waals surface area (Å²) >= 11 is 0. The third-order valence-electron chi connectivity index (χ3n) is 4.70. The molecule has 0 saturated carbocycles. The molecule has 2 aliphatic heterocycles. The summed E-state index contributed by atoms with van der Waals surface area (Å²) in [5.41, 5.74) is 1.24. The van der Waals surface area contributed by atoms with Crippen LogP contribution in [0.5, 0.6) is 0 Å². The van der Waals surface area contributed by atoms with E-state index in [4.69, 9.17) is 0 Å². The summed E-state index contributed by atoms with van der Waals surface area (Å²) in [5, 5.41) is 8.25. The minimum Gasteiger partial charge on any atom is -0.337 e. The third kappa shape index (κ3) is 3.11. The predicted octanol–water partition coefficient (Wildman–Crippen LogP) is 1.24. The molecular formula is C17H18FN5O2. The van der Waals surface area contributed by atoms with E-state index in [0.717, 1.165) is 18.7 Å². The molecule has 0 aliphatic carbocycles. The number of hydrogen-bond acceptors (Lipinski definition) is 4. The number of likely N-dealkylation sites (tertiary alicyclic amines) is 2. The Labute approximate surface area is 144 Å². The highest BCUT2D eigenvalue weighted by atomic mass is 19.1. The number of carbonyl (C=O) groups is 2. The van der Waals surface area contributed by atoms with Gasteiger partial charge in [-0.1, -0.05) is 5.21 Å². The van der Waals surface area contributed by atoms with Crippen molar-refractivity contribution in [3.63, 3.8) is 0 Å². The second-order valence-corrected chi connectivity index (χ2v) is 6.48. The Bertz CT molecular complexity index is 798. The van der Waals surface area contributed by atoms with E-state index < -0.39 is 0 Å². The molecule has 130 valence electrons. The van der Waals surface area contributed by atoms with Gasteiger partial charge in [-0.15, -0.1) is 5.10 Å². The molecule has 4 rings (SSSR count). The van der Waals surface area contributed by atoms with Crippen molar-refractivity contribution in [1.82, 2.24) is 24.8 Å². The van der Waals surface area contributed by atoms with Gasteiger partial charge in [0, 0.05) is 31.6 Å². The van der Waals surface area contributed by atoms with Crippen molar-refractivity contribution >= 4 is 11.8 Å². The minimum atomic E-state index is -0.357. The molecule has 2 amide bonds. The summed E-state index contributed by atoms with van der Waals surface area (Å²) in [7, 11) is 0. The fourth-order valence-corrected chi connectivity index (χ4v) is 3.19. The maximum absolute atomic E-state index is 12.9. The summed E-state index contributed by atoms with van der Waals surface area (Å²) in [4.78, 5) is 27.5. The number of nitrogens with zero attached hydrogens (tertiary/aromatic N) is 5. The molecule has 0 radical (unpaired) electrons. The molecule has 0 atom stereocenters.